The fourth-order valence-corrected chi connectivity index (χ4v) is 7.75. The van der Waals surface area contributed by atoms with Crippen molar-refractivity contribution in [3.8, 4) is 0 Å². The zero-order chi connectivity index (χ0) is 40.9. The molecule has 0 aromatic heterocycles. The molecule has 332 valence electrons. The number of hydrogen-bond acceptors (Lipinski definition) is 8. The van der Waals surface area contributed by atoms with E-state index in [0.717, 1.165) is 38.5 Å². The summed E-state index contributed by atoms with van der Waals surface area (Å²) in [5.74, 6) is -0.173. The minimum atomic E-state index is -1.56. The van der Waals surface area contributed by atoms with Gasteiger partial charge in [-0.15, -0.1) is 0 Å². The van der Waals surface area contributed by atoms with Crippen molar-refractivity contribution < 1.29 is 39.8 Å². The highest BCUT2D eigenvalue weighted by Crippen LogP contribution is 2.23. The standard InChI is InChI=1S/C47H91NO8/c1-3-5-7-9-11-13-15-17-18-19-20-21-22-23-25-27-29-31-33-35-37-43(51)48-40(39-55-47-46(54)45(53)44(52)42(38-49)56-47)41(50)36-34-32-30-28-26-24-16-14-12-10-8-6-4-2/h34,36,40-42,44-47,49-50,52-54H,3-33,35,37-39H2,1-2H3,(H,48,51)/b36-34+/t40-,41+,42+,44-,45-,46+,47+/m0/s1. The van der Waals surface area contributed by atoms with Crippen LogP contribution in [0.3, 0.4) is 0 Å². The van der Waals surface area contributed by atoms with E-state index in [1.807, 2.05) is 6.08 Å². The molecule has 6 N–H and O–H groups in total. The molecule has 0 spiro atoms. The smallest absolute Gasteiger partial charge is 0.220 e. The van der Waals surface area contributed by atoms with Gasteiger partial charge in [-0.2, -0.15) is 0 Å². The van der Waals surface area contributed by atoms with Crippen LogP contribution in [0.15, 0.2) is 12.2 Å². The SMILES string of the molecule is CCCCCCCCCCCCC/C=C/[C@@H](O)[C@H](CO[C@@H]1O[C@H](CO)[C@H](O)[C@H](O)[C@H]1O)NC(=O)CCCCCCCCCCCCCCCCCCCCCC. The molecule has 1 aliphatic rings. The van der Waals surface area contributed by atoms with Crippen LogP contribution in [-0.2, 0) is 14.3 Å². The average Bonchev–Trinajstić information content (AvgIpc) is 3.20. The van der Waals surface area contributed by atoms with E-state index < -0.39 is 49.5 Å². The summed E-state index contributed by atoms with van der Waals surface area (Å²) in [6.07, 6.45) is 36.8. The number of unbranched alkanes of at least 4 members (excludes halogenated alkanes) is 30. The average molecular weight is 798 g/mol. The Morgan fingerprint density at radius 3 is 1.39 bits per heavy atom. The number of carbonyl (C=O) groups is 1. The minimum absolute atomic E-state index is 0.173. The predicted molar refractivity (Wildman–Crippen MR) is 231 cm³/mol. The van der Waals surface area contributed by atoms with Gasteiger partial charge >= 0.3 is 0 Å². The van der Waals surface area contributed by atoms with Gasteiger partial charge in [-0.05, 0) is 19.3 Å². The van der Waals surface area contributed by atoms with E-state index in [1.165, 1.54) is 167 Å². The lowest BCUT2D eigenvalue weighted by molar-refractivity contribution is -0.302. The maximum Gasteiger partial charge on any atom is 0.220 e. The fourth-order valence-electron chi connectivity index (χ4n) is 7.75. The molecule has 7 atom stereocenters. The van der Waals surface area contributed by atoms with E-state index in [1.54, 1.807) is 6.08 Å². The third kappa shape index (κ3) is 28.4. The fraction of sp³-hybridized carbons (Fsp3) is 0.936. The van der Waals surface area contributed by atoms with Crippen molar-refractivity contribution in [1.29, 1.82) is 0 Å². The summed E-state index contributed by atoms with van der Waals surface area (Å²) in [6.45, 7) is 3.78. The van der Waals surface area contributed by atoms with Crippen molar-refractivity contribution in [2.24, 2.45) is 0 Å². The van der Waals surface area contributed by atoms with Gasteiger partial charge in [0.1, 0.15) is 24.4 Å². The molecule has 0 radical (unpaired) electrons. The Bertz CT molecular complexity index is 888. The monoisotopic (exact) mass is 798 g/mol. The van der Waals surface area contributed by atoms with Crippen molar-refractivity contribution in [2.75, 3.05) is 13.2 Å². The number of aliphatic hydroxyl groups excluding tert-OH is 5. The molecular formula is C47H91NO8. The van der Waals surface area contributed by atoms with Gasteiger partial charge in [-0.1, -0.05) is 212 Å². The quantitative estimate of drug-likeness (QED) is 0.0265. The molecule has 1 aliphatic heterocycles. The molecule has 0 aromatic rings. The molecule has 1 heterocycles. The molecule has 1 amide bonds. The van der Waals surface area contributed by atoms with Crippen LogP contribution in [0, 0.1) is 0 Å². The number of amides is 1. The van der Waals surface area contributed by atoms with Crippen molar-refractivity contribution >= 4 is 5.91 Å². The summed E-state index contributed by atoms with van der Waals surface area (Å²) in [7, 11) is 0. The third-order valence-electron chi connectivity index (χ3n) is 11.6. The lowest BCUT2D eigenvalue weighted by Crippen LogP contribution is -2.60. The van der Waals surface area contributed by atoms with Crippen LogP contribution in [0.2, 0.25) is 0 Å². The molecular weight excluding hydrogens is 707 g/mol. The van der Waals surface area contributed by atoms with E-state index in [2.05, 4.69) is 19.2 Å². The lowest BCUT2D eigenvalue weighted by atomic mass is 9.99. The molecule has 0 bridgehead atoms. The first-order chi connectivity index (χ1) is 27.3. The number of carbonyl (C=O) groups excluding carboxylic acids is 1. The van der Waals surface area contributed by atoms with Crippen molar-refractivity contribution in [3.05, 3.63) is 12.2 Å². The van der Waals surface area contributed by atoms with E-state index in [9.17, 15) is 30.3 Å². The first kappa shape index (κ1) is 52.9. The number of rotatable bonds is 40. The van der Waals surface area contributed by atoms with Gasteiger partial charge in [0.2, 0.25) is 5.91 Å². The number of aliphatic hydroxyl groups is 5. The van der Waals surface area contributed by atoms with Crippen LogP contribution in [0.5, 0.6) is 0 Å². The second kappa shape index (κ2) is 38.2. The van der Waals surface area contributed by atoms with Gasteiger partial charge in [-0.3, -0.25) is 4.79 Å². The maximum atomic E-state index is 13.0. The summed E-state index contributed by atoms with van der Waals surface area (Å²) in [6, 6.07) is -0.798. The number of ether oxygens (including phenoxy) is 2. The molecule has 0 aromatic carbocycles. The van der Waals surface area contributed by atoms with Gasteiger partial charge in [0.15, 0.2) is 6.29 Å². The van der Waals surface area contributed by atoms with E-state index in [-0.39, 0.29) is 12.5 Å². The molecule has 1 rings (SSSR count). The van der Waals surface area contributed by atoms with Crippen molar-refractivity contribution in [1.82, 2.24) is 5.32 Å². The van der Waals surface area contributed by atoms with Gasteiger partial charge in [0.25, 0.3) is 0 Å². The first-order valence-corrected chi connectivity index (χ1v) is 23.9. The van der Waals surface area contributed by atoms with E-state index >= 15 is 0 Å². The molecule has 9 heteroatoms. The molecule has 9 nitrogen and oxygen atoms in total. The Morgan fingerprint density at radius 1 is 0.589 bits per heavy atom. The summed E-state index contributed by atoms with van der Waals surface area (Å²) >= 11 is 0. The Balaban J connectivity index is 2.29. The molecule has 1 saturated heterocycles. The lowest BCUT2D eigenvalue weighted by Gasteiger charge is -2.40. The second-order valence-electron chi connectivity index (χ2n) is 16.9. The predicted octanol–water partition coefficient (Wildman–Crippen LogP) is 10.1. The van der Waals surface area contributed by atoms with Crippen LogP contribution in [0.25, 0.3) is 0 Å². The molecule has 56 heavy (non-hydrogen) atoms. The van der Waals surface area contributed by atoms with Gasteiger partial charge in [0, 0.05) is 6.42 Å². The molecule has 0 saturated carbocycles. The molecule has 0 unspecified atom stereocenters. The summed E-state index contributed by atoms with van der Waals surface area (Å²) < 4.78 is 11.2. The van der Waals surface area contributed by atoms with E-state index in [4.69, 9.17) is 9.47 Å². The number of nitrogens with one attached hydrogen (secondary N) is 1. The molecule has 0 aliphatic carbocycles. The van der Waals surface area contributed by atoms with Crippen LogP contribution in [0.1, 0.15) is 226 Å². The highest BCUT2D eigenvalue weighted by molar-refractivity contribution is 5.76. The highest BCUT2D eigenvalue weighted by atomic mass is 16.7. The Kier molecular flexibility index (Phi) is 36.1. The van der Waals surface area contributed by atoms with Crippen molar-refractivity contribution in [2.45, 2.75) is 269 Å². The summed E-state index contributed by atoms with van der Waals surface area (Å²) in [5.41, 5.74) is 0. The van der Waals surface area contributed by atoms with Gasteiger partial charge in [-0.25, -0.2) is 0 Å². The molecule has 1 fully saturated rings. The van der Waals surface area contributed by atoms with Gasteiger partial charge < -0.3 is 40.3 Å². The third-order valence-corrected chi connectivity index (χ3v) is 11.6. The Labute approximate surface area is 344 Å². The van der Waals surface area contributed by atoms with Crippen LogP contribution in [-0.4, -0.2) is 87.5 Å². The number of hydrogen-bond donors (Lipinski definition) is 6. The minimum Gasteiger partial charge on any atom is -0.394 e. The zero-order valence-corrected chi connectivity index (χ0v) is 36.4. The first-order valence-electron chi connectivity index (χ1n) is 23.9. The normalized spacial score (nSPS) is 21.2. The summed E-state index contributed by atoms with van der Waals surface area (Å²) in [4.78, 5) is 13.0. The second-order valence-corrected chi connectivity index (χ2v) is 16.9. The van der Waals surface area contributed by atoms with Gasteiger partial charge in [0.05, 0.1) is 25.4 Å². The van der Waals surface area contributed by atoms with Crippen LogP contribution in [0.4, 0.5) is 0 Å². The van der Waals surface area contributed by atoms with E-state index in [0.29, 0.717) is 6.42 Å². The largest absolute Gasteiger partial charge is 0.394 e. The maximum absolute atomic E-state index is 13.0. The Hall–Kier alpha value is -1.07. The van der Waals surface area contributed by atoms with Crippen molar-refractivity contribution in [3.63, 3.8) is 0 Å². The summed E-state index contributed by atoms with van der Waals surface area (Å²) in [5, 5.41) is 54.2. The van der Waals surface area contributed by atoms with Crippen LogP contribution >= 0.6 is 0 Å². The topological polar surface area (TPSA) is 149 Å². The Morgan fingerprint density at radius 2 is 0.982 bits per heavy atom. The van der Waals surface area contributed by atoms with Crippen LogP contribution < -0.4 is 5.32 Å². The highest BCUT2D eigenvalue weighted by Gasteiger charge is 2.44. The zero-order valence-electron chi connectivity index (χ0n) is 36.4. The number of allylic oxidation sites excluding steroid dienone is 1.